The lowest BCUT2D eigenvalue weighted by atomic mass is 9.81. The van der Waals surface area contributed by atoms with Gasteiger partial charge in [-0.05, 0) is 75.9 Å². The molecule has 0 spiro atoms. The zero-order valence-corrected chi connectivity index (χ0v) is 25.2. The van der Waals surface area contributed by atoms with Crippen molar-refractivity contribution in [3.05, 3.63) is 59.1 Å². The summed E-state index contributed by atoms with van der Waals surface area (Å²) in [5.74, 6) is 1.07. The smallest absolute Gasteiger partial charge is 0.314 e. The van der Waals surface area contributed by atoms with Gasteiger partial charge in [0.15, 0.2) is 0 Å². The topological polar surface area (TPSA) is 64.1 Å². The van der Waals surface area contributed by atoms with E-state index in [9.17, 15) is 4.79 Å². The first-order valence-corrected chi connectivity index (χ1v) is 14.6. The Morgan fingerprint density at radius 1 is 1.02 bits per heavy atom. The monoisotopic (exact) mass is 567 g/mol. The molecule has 40 heavy (non-hydrogen) atoms. The van der Waals surface area contributed by atoms with Crippen LogP contribution in [0.2, 0.25) is 5.02 Å². The summed E-state index contributed by atoms with van der Waals surface area (Å²) in [7, 11) is 0. The van der Waals surface area contributed by atoms with Crippen molar-refractivity contribution in [2.24, 2.45) is 11.3 Å². The zero-order valence-electron chi connectivity index (χ0n) is 24.4. The number of aromatic nitrogens is 1. The fourth-order valence-corrected chi connectivity index (χ4v) is 4.78. The maximum absolute atomic E-state index is 12.3. The van der Waals surface area contributed by atoms with Gasteiger partial charge in [-0.1, -0.05) is 37.6 Å². The molecule has 0 atom stereocenters. The fraction of sp³-hybridized carbons (Fsp3) is 0.500. The van der Waals surface area contributed by atoms with Gasteiger partial charge in [-0.15, -0.1) is 0 Å². The van der Waals surface area contributed by atoms with Crippen molar-refractivity contribution in [2.45, 2.75) is 47.5 Å². The van der Waals surface area contributed by atoms with E-state index in [-0.39, 0.29) is 18.7 Å². The Labute approximate surface area is 243 Å². The number of hydrogen-bond donors (Lipinski definition) is 0. The second kappa shape index (κ2) is 13.6. The van der Waals surface area contributed by atoms with Crippen molar-refractivity contribution in [2.75, 3.05) is 51.0 Å². The average Bonchev–Trinajstić information content (AvgIpc) is 2.94. The van der Waals surface area contributed by atoms with E-state index < -0.39 is 5.41 Å². The van der Waals surface area contributed by atoms with Gasteiger partial charge in [0.05, 0.1) is 28.2 Å². The van der Waals surface area contributed by atoms with E-state index in [4.69, 9.17) is 25.8 Å². The number of anilines is 1. The molecular weight excluding hydrogens is 526 g/mol. The third-order valence-electron chi connectivity index (χ3n) is 8.03. The van der Waals surface area contributed by atoms with Gasteiger partial charge in [0, 0.05) is 43.7 Å². The molecule has 1 aromatic heterocycles. The van der Waals surface area contributed by atoms with Crippen LogP contribution in [0.3, 0.4) is 0 Å². The SMILES string of the molecule is Cc1cccc(N2CCN(CCCCOc3ccc4ccc(OCOC(=O)C(C)(C)C(C)C)nc4c3)CC2)c1Cl. The predicted octanol–water partition coefficient (Wildman–Crippen LogP) is 6.74. The molecule has 0 amide bonds. The van der Waals surface area contributed by atoms with Crippen LogP contribution in [0.15, 0.2) is 48.5 Å². The van der Waals surface area contributed by atoms with Gasteiger partial charge < -0.3 is 19.1 Å². The summed E-state index contributed by atoms with van der Waals surface area (Å²) >= 11 is 6.53. The highest BCUT2D eigenvalue weighted by Gasteiger charge is 2.33. The molecule has 0 radical (unpaired) electrons. The molecule has 4 rings (SSSR count). The van der Waals surface area contributed by atoms with Crippen LogP contribution in [-0.4, -0.2) is 62.0 Å². The summed E-state index contributed by atoms with van der Waals surface area (Å²) in [6, 6.07) is 15.9. The summed E-state index contributed by atoms with van der Waals surface area (Å²) in [5.41, 5.74) is 2.47. The summed E-state index contributed by atoms with van der Waals surface area (Å²) in [4.78, 5) is 21.8. The number of carbonyl (C=O) groups excluding carboxylic acids is 1. The van der Waals surface area contributed by atoms with E-state index >= 15 is 0 Å². The van der Waals surface area contributed by atoms with Crippen molar-refractivity contribution in [1.29, 1.82) is 0 Å². The molecule has 3 aromatic rings. The highest BCUT2D eigenvalue weighted by atomic mass is 35.5. The Morgan fingerprint density at radius 2 is 1.77 bits per heavy atom. The Hall–Kier alpha value is -3.03. The molecule has 7 nitrogen and oxygen atoms in total. The van der Waals surface area contributed by atoms with Crippen LogP contribution in [0.5, 0.6) is 11.6 Å². The minimum absolute atomic E-state index is 0.164. The first-order valence-electron chi connectivity index (χ1n) is 14.2. The van der Waals surface area contributed by atoms with Gasteiger partial charge in [0.1, 0.15) is 5.75 Å². The van der Waals surface area contributed by atoms with Gasteiger partial charge in [0.2, 0.25) is 12.7 Å². The summed E-state index contributed by atoms with van der Waals surface area (Å²) in [6.07, 6.45) is 2.07. The van der Waals surface area contributed by atoms with E-state index in [0.29, 0.717) is 12.5 Å². The number of carbonyl (C=O) groups is 1. The Bertz CT molecular complexity index is 1290. The molecule has 0 unspecified atom stereocenters. The normalized spacial score (nSPS) is 14.5. The molecule has 8 heteroatoms. The van der Waals surface area contributed by atoms with Crippen LogP contribution in [0.4, 0.5) is 5.69 Å². The minimum Gasteiger partial charge on any atom is -0.494 e. The molecule has 0 aliphatic carbocycles. The van der Waals surface area contributed by atoms with Crippen molar-refractivity contribution < 1.29 is 19.0 Å². The third-order valence-corrected chi connectivity index (χ3v) is 8.52. The highest BCUT2D eigenvalue weighted by molar-refractivity contribution is 6.34. The lowest BCUT2D eigenvalue weighted by Gasteiger charge is -2.36. The molecule has 1 saturated heterocycles. The minimum atomic E-state index is -0.572. The molecule has 0 N–H and O–H groups in total. The van der Waals surface area contributed by atoms with Crippen LogP contribution in [0.25, 0.3) is 10.9 Å². The number of piperazine rings is 1. The van der Waals surface area contributed by atoms with Gasteiger partial charge >= 0.3 is 5.97 Å². The van der Waals surface area contributed by atoms with E-state index in [1.54, 1.807) is 6.07 Å². The Balaban J connectivity index is 1.18. The number of fused-ring (bicyclic) bond motifs is 1. The number of nitrogens with zero attached hydrogens (tertiary/aromatic N) is 3. The van der Waals surface area contributed by atoms with E-state index in [2.05, 4.69) is 39.9 Å². The second-order valence-electron chi connectivity index (χ2n) is 11.4. The summed E-state index contributed by atoms with van der Waals surface area (Å²) in [6.45, 7) is 15.4. The average molecular weight is 568 g/mol. The zero-order chi connectivity index (χ0) is 28.7. The molecule has 216 valence electrons. The molecule has 1 aliphatic heterocycles. The number of ether oxygens (including phenoxy) is 3. The molecule has 0 saturated carbocycles. The molecule has 1 aliphatic rings. The van der Waals surface area contributed by atoms with Gasteiger partial charge in [-0.25, -0.2) is 4.98 Å². The number of hydrogen-bond acceptors (Lipinski definition) is 7. The summed E-state index contributed by atoms with van der Waals surface area (Å²) in [5, 5.41) is 1.86. The number of esters is 1. The third kappa shape index (κ3) is 7.58. The highest BCUT2D eigenvalue weighted by Crippen LogP contribution is 2.30. The Kier molecular flexibility index (Phi) is 10.1. The van der Waals surface area contributed by atoms with Crippen LogP contribution in [0.1, 0.15) is 46.1 Å². The maximum Gasteiger partial charge on any atom is 0.314 e. The fourth-order valence-electron chi connectivity index (χ4n) is 4.53. The number of rotatable bonds is 12. The van der Waals surface area contributed by atoms with E-state index in [1.165, 1.54) is 0 Å². The second-order valence-corrected chi connectivity index (χ2v) is 11.7. The van der Waals surface area contributed by atoms with Crippen molar-refractivity contribution in [3.8, 4) is 11.6 Å². The number of pyridine rings is 1. The number of halogens is 1. The van der Waals surface area contributed by atoms with Crippen LogP contribution < -0.4 is 14.4 Å². The summed E-state index contributed by atoms with van der Waals surface area (Å²) < 4.78 is 17.0. The van der Waals surface area contributed by atoms with Gasteiger partial charge in [0.25, 0.3) is 0 Å². The molecular formula is C32H42ClN3O4. The molecule has 2 aromatic carbocycles. The largest absolute Gasteiger partial charge is 0.494 e. The van der Waals surface area contributed by atoms with Crippen LogP contribution in [0, 0.1) is 18.3 Å². The quantitative estimate of drug-likeness (QED) is 0.136. The van der Waals surface area contributed by atoms with Crippen LogP contribution in [-0.2, 0) is 9.53 Å². The van der Waals surface area contributed by atoms with Crippen molar-refractivity contribution in [1.82, 2.24) is 9.88 Å². The first-order chi connectivity index (χ1) is 19.1. The lowest BCUT2D eigenvalue weighted by Crippen LogP contribution is -2.46. The van der Waals surface area contributed by atoms with Gasteiger partial charge in [-0.2, -0.15) is 0 Å². The molecule has 2 heterocycles. The number of unbranched alkanes of at least 4 members (excludes halogenated alkanes) is 1. The predicted molar refractivity (Wildman–Crippen MR) is 162 cm³/mol. The van der Waals surface area contributed by atoms with Crippen molar-refractivity contribution in [3.63, 3.8) is 0 Å². The van der Waals surface area contributed by atoms with Gasteiger partial charge in [-0.3, -0.25) is 9.69 Å². The Morgan fingerprint density at radius 3 is 2.52 bits per heavy atom. The molecule has 1 fully saturated rings. The number of aryl methyl sites for hydroxylation is 1. The van der Waals surface area contributed by atoms with Crippen molar-refractivity contribution >= 4 is 34.2 Å². The lowest BCUT2D eigenvalue weighted by molar-refractivity contribution is -0.163. The standard InChI is InChI=1S/C32H42ClN3O4/c1-23(2)32(4,5)31(37)40-22-39-29-14-12-25-11-13-26(21-27(25)34-29)38-20-7-6-15-35-16-18-36(19-17-35)28-10-8-9-24(3)30(28)33/h8-14,21,23H,6-7,15-20,22H2,1-5H3. The molecule has 0 bridgehead atoms. The number of benzene rings is 2. The van der Waals surface area contributed by atoms with E-state index in [1.807, 2.05) is 52.0 Å². The first kappa shape index (κ1) is 29.9. The maximum atomic E-state index is 12.3. The van der Waals surface area contributed by atoms with Crippen LogP contribution >= 0.6 is 11.6 Å². The van der Waals surface area contributed by atoms with E-state index in [0.717, 1.165) is 78.5 Å².